The van der Waals surface area contributed by atoms with Crippen LogP contribution in [0.15, 0.2) is 22.6 Å². The molecule has 0 unspecified atom stereocenters. The van der Waals surface area contributed by atoms with E-state index >= 15 is 0 Å². The number of nitrogens with two attached hydrogens (primary N) is 1. The van der Waals surface area contributed by atoms with E-state index in [-0.39, 0.29) is 6.61 Å². The van der Waals surface area contributed by atoms with E-state index in [0.717, 1.165) is 11.1 Å². The molecule has 0 bridgehead atoms. The quantitative estimate of drug-likeness (QED) is 0.712. The minimum absolute atomic E-state index is 0.174. The Kier molecular flexibility index (Phi) is 2.00. The predicted molar refractivity (Wildman–Crippen MR) is 47.8 cm³/mol. The van der Waals surface area contributed by atoms with Crippen molar-refractivity contribution in [2.24, 2.45) is 5.73 Å². The number of hydrogen-bond acceptors (Lipinski definition) is 4. The Morgan fingerprint density at radius 3 is 3.00 bits per heavy atom. The van der Waals surface area contributed by atoms with Gasteiger partial charge in [0, 0.05) is 6.54 Å². The lowest BCUT2D eigenvalue weighted by atomic mass is 10.2. The number of hydrogen-bond donors (Lipinski definition) is 2. The van der Waals surface area contributed by atoms with Gasteiger partial charge in [0.25, 0.3) is 0 Å². The molecule has 13 heavy (non-hydrogen) atoms. The van der Waals surface area contributed by atoms with E-state index in [2.05, 4.69) is 4.98 Å². The van der Waals surface area contributed by atoms with Gasteiger partial charge < -0.3 is 15.3 Å². The van der Waals surface area contributed by atoms with Crippen molar-refractivity contribution in [2.75, 3.05) is 0 Å². The fourth-order valence-corrected chi connectivity index (χ4v) is 1.22. The summed E-state index contributed by atoms with van der Waals surface area (Å²) in [6.07, 6.45) is 0. The summed E-state index contributed by atoms with van der Waals surface area (Å²) in [5.41, 5.74) is 7.90. The van der Waals surface area contributed by atoms with Gasteiger partial charge >= 0.3 is 0 Å². The van der Waals surface area contributed by atoms with Crippen LogP contribution in [0.4, 0.5) is 0 Å². The van der Waals surface area contributed by atoms with Crippen LogP contribution in [0.25, 0.3) is 11.1 Å². The number of rotatable bonds is 2. The SMILES string of the molecule is NCc1ccc2oc(CO)nc2c1. The van der Waals surface area contributed by atoms with Crippen LogP contribution in [-0.4, -0.2) is 10.1 Å². The van der Waals surface area contributed by atoms with E-state index in [0.29, 0.717) is 18.0 Å². The summed E-state index contributed by atoms with van der Waals surface area (Å²) in [5, 5.41) is 8.78. The van der Waals surface area contributed by atoms with Gasteiger partial charge in [0.1, 0.15) is 12.1 Å². The summed E-state index contributed by atoms with van der Waals surface area (Å²) in [6, 6.07) is 5.55. The maximum absolute atomic E-state index is 8.78. The zero-order chi connectivity index (χ0) is 9.26. The number of fused-ring (bicyclic) bond motifs is 1. The molecule has 1 aromatic carbocycles. The first-order valence-electron chi connectivity index (χ1n) is 4.03. The van der Waals surface area contributed by atoms with E-state index < -0.39 is 0 Å². The molecule has 1 aromatic heterocycles. The largest absolute Gasteiger partial charge is 0.438 e. The van der Waals surface area contributed by atoms with Crippen molar-refractivity contribution in [3.63, 3.8) is 0 Å². The van der Waals surface area contributed by atoms with Gasteiger partial charge in [0.15, 0.2) is 5.58 Å². The topological polar surface area (TPSA) is 72.3 Å². The Balaban J connectivity index is 2.57. The zero-order valence-corrected chi connectivity index (χ0v) is 7.03. The molecule has 0 saturated heterocycles. The number of nitrogens with zero attached hydrogens (tertiary/aromatic N) is 1. The average molecular weight is 178 g/mol. The third-order valence-corrected chi connectivity index (χ3v) is 1.87. The normalized spacial score (nSPS) is 10.9. The Hall–Kier alpha value is -1.39. The number of aliphatic hydroxyl groups excluding tert-OH is 1. The van der Waals surface area contributed by atoms with Crippen LogP contribution >= 0.6 is 0 Å². The molecule has 0 fully saturated rings. The second-order valence-electron chi connectivity index (χ2n) is 2.77. The van der Waals surface area contributed by atoms with Gasteiger partial charge in [-0.2, -0.15) is 0 Å². The summed E-state index contributed by atoms with van der Waals surface area (Å²) in [4.78, 5) is 4.07. The molecule has 4 nitrogen and oxygen atoms in total. The van der Waals surface area contributed by atoms with Crippen LogP contribution in [0.1, 0.15) is 11.5 Å². The fraction of sp³-hybridized carbons (Fsp3) is 0.222. The molecule has 0 radical (unpaired) electrons. The molecule has 3 N–H and O–H groups in total. The molecule has 2 rings (SSSR count). The Morgan fingerprint density at radius 1 is 1.46 bits per heavy atom. The summed E-state index contributed by atoms with van der Waals surface area (Å²) in [7, 11) is 0. The van der Waals surface area contributed by atoms with Gasteiger partial charge in [-0.15, -0.1) is 0 Å². The first-order chi connectivity index (χ1) is 6.33. The Morgan fingerprint density at radius 2 is 2.31 bits per heavy atom. The van der Waals surface area contributed by atoms with Gasteiger partial charge in [0.05, 0.1) is 0 Å². The first-order valence-corrected chi connectivity index (χ1v) is 4.03. The number of aromatic nitrogens is 1. The van der Waals surface area contributed by atoms with Crippen LogP contribution in [0, 0.1) is 0 Å². The van der Waals surface area contributed by atoms with Gasteiger partial charge in [0.2, 0.25) is 5.89 Å². The van der Waals surface area contributed by atoms with Crippen molar-refractivity contribution in [2.45, 2.75) is 13.2 Å². The molecule has 4 heteroatoms. The standard InChI is InChI=1S/C9H10N2O2/c10-4-6-1-2-8-7(3-6)11-9(5-12)13-8/h1-3,12H,4-5,10H2. The average Bonchev–Trinajstić information content (AvgIpc) is 2.58. The Bertz CT molecular complexity index is 420. The van der Waals surface area contributed by atoms with E-state index in [1.807, 2.05) is 18.2 Å². The zero-order valence-electron chi connectivity index (χ0n) is 7.03. The van der Waals surface area contributed by atoms with Crippen molar-refractivity contribution in [3.8, 4) is 0 Å². The van der Waals surface area contributed by atoms with E-state index in [9.17, 15) is 0 Å². The summed E-state index contributed by atoms with van der Waals surface area (Å²) in [6.45, 7) is 0.309. The highest BCUT2D eigenvalue weighted by atomic mass is 16.4. The highest BCUT2D eigenvalue weighted by Gasteiger charge is 2.04. The first kappa shape index (κ1) is 8.22. The lowest BCUT2D eigenvalue weighted by molar-refractivity contribution is 0.244. The summed E-state index contributed by atoms with van der Waals surface area (Å²) in [5.74, 6) is 0.337. The monoisotopic (exact) mass is 178 g/mol. The smallest absolute Gasteiger partial charge is 0.221 e. The second kappa shape index (κ2) is 3.16. The molecule has 2 aromatic rings. The molecular formula is C9H10N2O2. The number of benzene rings is 1. The molecule has 68 valence electrons. The molecule has 0 saturated carbocycles. The van der Waals surface area contributed by atoms with Gasteiger partial charge in [-0.25, -0.2) is 4.98 Å². The maximum Gasteiger partial charge on any atom is 0.221 e. The molecule has 0 spiro atoms. The molecule has 0 aliphatic carbocycles. The van der Waals surface area contributed by atoms with Crippen LogP contribution in [-0.2, 0) is 13.2 Å². The van der Waals surface area contributed by atoms with Gasteiger partial charge in [-0.05, 0) is 17.7 Å². The van der Waals surface area contributed by atoms with Crippen molar-refractivity contribution >= 4 is 11.1 Å². The van der Waals surface area contributed by atoms with Crippen LogP contribution in [0.3, 0.4) is 0 Å². The lowest BCUT2D eigenvalue weighted by Gasteiger charge is -1.92. The molecule has 0 aliphatic rings. The van der Waals surface area contributed by atoms with E-state index in [4.69, 9.17) is 15.3 Å². The third kappa shape index (κ3) is 1.41. The van der Waals surface area contributed by atoms with Crippen molar-refractivity contribution in [3.05, 3.63) is 29.7 Å². The fourth-order valence-electron chi connectivity index (χ4n) is 1.22. The number of aliphatic hydroxyl groups is 1. The van der Waals surface area contributed by atoms with E-state index in [1.54, 1.807) is 0 Å². The summed E-state index contributed by atoms with van der Waals surface area (Å²) >= 11 is 0. The number of oxazole rings is 1. The highest BCUT2D eigenvalue weighted by molar-refractivity contribution is 5.73. The lowest BCUT2D eigenvalue weighted by Crippen LogP contribution is -1.94. The third-order valence-electron chi connectivity index (χ3n) is 1.87. The van der Waals surface area contributed by atoms with Crippen molar-refractivity contribution in [1.82, 2.24) is 4.98 Å². The molecule has 0 aliphatic heterocycles. The van der Waals surface area contributed by atoms with Crippen LogP contribution in [0.2, 0.25) is 0 Å². The summed E-state index contributed by atoms with van der Waals surface area (Å²) < 4.78 is 5.21. The van der Waals surface area contributed by atoms with Crippen LogP contribution in [0.5, 0.6) is 0 Å². The second-order valence-corrected chi connectivity index (χ2v) is 2.77. The Labute approximate surface area is 75.0 Å². The minimum atomic E-state index is -0.174. The van der Waals surface area contributed by atoms with Gasteiger partial charge in [-0.1, -0.05) is 6.07 Å². The predicted octanol–water partition coefficient (Wildman–Crippen LogP) is 0.779. The molecule has 0 atom stereocenters. The molecular weight excluding hydrogens is 168 g/mol. The molecule has 0 amide bonds. The molecule has 1 heterocycles. The van der Waals surface area contributed by atoms with Crippen molar-refractivity contribution < 1.29 is 9.52 Å². The van der Waals surface area contributed by atoms with E-state index in [1.165, 1.54) is 0 Å². The highest BCUT2D eigenvalue weighted by Crippen LogP contribution is 2.16. The minimum Gasteiger partial charge on any atom is -0.438 e. The maximum atomic E-state index is 8.78. The van der Waals surface area contributed by atoms with Crippen LogP contribution < -0.4 is 5.73 Å². The van der Waals surface area contributed by atoms with Crippen molar-refractivity contribution in [1.29, 1.82) is 0 Å². The van der Waals surface area contributed by atoms with Gasteiger partial charge in [-0.3, -0.25) is 0 Å².